The molecule has 0 radical (unpaired) electrons. The van der Waals surface area contributed by atoms with Gasteiger partial charge in [0.15, 0.2) is 0 Å². The van der Waals surface area contributed by atoms with Crippen LogP contribution in [0, 0.1) is 22.7 Å². The lowest BCUT2D eigenvalue weighted by Gasteiger charge is -2.13. The summed E-state index contributed by atoms with van der Waals surface area (Å²) in [4.78, 5) is 9.21. The Hall–Kier alpha value is -6.32. The van der Waals surface area contributed by atoms with Crippen LogP contribution in [-0.2, 0) is 14.1 Å². The average molecular weight is 559 g/mol. The Balaban J connectivity index is 1.39. The van der Waals surface area contributed by atoms with Crippen LogP contribution in [0.4, 0.5) is 0 Å². The number of hydrogen-bond acceptors (Lipinski definition) is 5. The highest BCUT2D eigenvalue weighted by Gasteiger charge is 2.21. The van der Waals surface area contributed by atoms with Gasteiger partial charge >= 0.3 is 0 Å². The van der Waals surface area contributed by atoms with Crippen molar-refractivity contribution in [1.29, 1.82) is 10.5 Å². The third kappa shape index (κ3) is 3.49. The highest BCUT2D eigenvalue weighted by atomic mass is 16.5. The monoisotopic (exact) mass is 558 g/mol. The Kier molecular flexibility index (Phi) is 5.18. The molecule has 43 heavy (non-hydrogen) atoms. The Bertz CT molecular complexity index is 2320. The van der Waals surface area contributed by atoms with Crippen molar-refractivity contribution in [1.82, 2.24) is 28.2 Å². The molecule has 0 N–H and O–H groups in total. The summed E-state index contributed by atoms with van der Waals surface area (Å²) in [5.41, 5.74) is 4.34. The fourth-order valence-corrected chi connectivity index (χ4v) is 6.03. The molecule has 0 spiro atoms. The maximum absolute atomic E-state index is 10.2. The second-order valence-corrected chi connectivity index (χ2v) is 10.4. The molecule has 0 amide bonds. The lowest BCUT2D eigenvalue weighted by molar-refractivity contribution is 0.480. The summed E-state index contributed by atoms with van der Waals surface area (Å²) in [6, 6.07) is 28.1. The van der Waals surface area contributed by atoms with Crippen LogP contribution < -0.4 is 4.74 Å². The molecule has 204 valence electrons. The van der Waals surface area contributed by atoms with E-state index in [1.807, 2.05) is 108 Å². The van der Waals surface area contributed by atoms with E-state index in [0.29, 0.717) is 22.6 Å². The second kappa shape index (κ2) is 9.10. The number of hydrogen-bond donors (Lipinski definition) is 0. The number of para-hydroxylation sites is 2. The van der Waals surface area contributed by atoms with Crippen LogP contribution >= 0.6 is 0 Å². The first-order valence-corrected chi connectivity index (χ1v) is 13.6. The summed E-state index contributed by atoms with van der Waals surface area (Å²) in [7, 11) is 3.89. The third-order valence-corrected chi connectivity index (χ3v) is 8.00. The third-order valence-electron chi connectivity index (χ3n) is 8.00. The predicted octanol–water partition coefficient (Wildman–Crippen LogP) is 6.88. The van der Waals surface area contributed by atoms with Gasteiger partial charge in [-0.15, -0.1) is 0 Å². The van der Waals surface area contributed by atoms with Crippen molar-refractivity contribution in [2.24, 2.45) is 14.1 Å². The van der Waals surface area contributed by atoms with Gasteiger partial charge in [-0.1, -0.05) is 36.4 Å². The number of aromatic nitrogens is 6. The lowest BCUT2D eigenvalue weighted by atomic mass is 10.1. The zero-order valence-corrected chi connectivity index (χ0v) is 23.2. The number of nitriles is 2. The molecule has 0 saturated heterocycles. The minimum absolute atomic E-state index is 0.351. The van der Waals surface area contributed by atoms with Crippen molar-refractivity contribution >= 4 is 43.6 Å². The molecule has 4 heterocycles. The Morgan fingerprint density at radius 1 is 0.581 bits per heavy atom. The summed E-state index contributed by atoms with van der Waals surface area (Å²) in [5, 5.41) is 24.3. The predicted molar refractivity (Wildman–Crippen MR) is 165 cm³/mol. The molecule has 0 aliphatic heterocycles. The van der Waals surface area contributed by atoms with Gasteiger partial charge in [-0.2, -0.15) is 10.5 Å². The number of aryl methyl sites for hydroxylation is 2. The average Bonchev–Trinajstić information content (AvgIpc) is 3.79. The molecule has 4 aromatic carbocycles. The zero-order valence-electron chi connectivity index (χ0n) is 23.2. The van der Waals surface area contributed by atoms with Gasteiger partial charge in [0.2, 0.25) is 11.9 Å². The van der Waals surface area contributed by atoms with Crippen LogP contribution in [0.15, 0.2) is 97.6 Å². The Labute approximate surface area is 245 Å². The lowest BCUT2D eigenvalue weighted by Crippen LogP contribution is -2.03. The molecule has 0 fully saturated rings. The van der Waals surface area contributed by atoms with Crippen molar-refractivity contribution in [3.63, 3.8) is 0 Å². The number of nitrogens with zero attached hydrogens (tertiary/aromatic N) is 8. The molecular weight excluding hydrogens is 536 g/mol. The standard InChI is InChI=1S/C34H22N8O/c1-39-13-11-37-33(39)41-27-9-5-3-7-23(27)25-15-21(19-35)31(17-29(25)41)43-32-18-30-26(16-22(32)20-36)24-8-4-6-10-28(24)42(30)34-38-12-14-40(34)2/h3-18H,1-2H3. The van der Waals surface area contributed by atoms with E-state index < -0.39 is 0 Å². The minimum atomic E-state index is 0.351. The second-order valence-electron chi connectivity index (χ2n) is 10.4. The molecule has 9 heteroatoms. The van der Waals surface area contributed by atoms with Gasteiger partial charge < -0.3 is 13.9 Å². The first kappa shape index (κ1) is 24.5. The van der Waals surface area contributed by atoms with Crippen molar-refractivity contribution < 1.29 is 4.74 Å². The van der Waals surface area contributed by atoms with Crippen molar-refractivity contribution in [2.45, 2.75) is 0 Å². The summed E-state index contributed by atoms with van der Waals surface area (Å²) in [5.74, 6) is 2.17. The SMILES string of the molecule is Cn1ccnc1-n1c2ccccc2c2cc(C#N)c(Oc3cc4c(cc3C#N)c3ccccc3n4-c3nccn3C)cc21. The van der Waals surface area contributed by atoms with Gasteiger partial charge in [-0.3, -0.25) is 9.13 Å². The van der Waals surface area contributed by atoms with E-state index in [0.717, 1.165) is 55.5 Å². The van der Waals surface area contributed by atoms with E-state index in [9.17, 15) is 10.5 Å². The van der Waals surface area contributed by atoms with Crippen LogP contribution in [-0.4, -0.2) is 28.2 Å². The van der Waals surface area contributed by atoms with Crippen molar-refractivity contribution in [2.75, 3.05) is 0 Å². The molecule has 9 nitrogen and oxygen atoms in total. The number of fused-ring (bicyclic) bond motifs is 6. The molecule has 0 bridgehead atoms. The molecule has 4 aromatic heterocycles. The van der Waals surface area contributed by atoms with E-state index in [1.165, 1.54) is 0 Å². The number of benzene rings is 4. The summed E-state index contributed by atoms with van der Waals surface area (Å²) in [6.07, 6.45) is 7.30. The minimum Gasteiger partial charge on any atom is -0.454 e. The number of imidazole rings is 2. The fourth-order valence-electron chi connectivity index (χ4n) is 6.03. The highest BCUT2D eigenvalue weighted by molar-refractivity contribution is 6.11. The molecule has 0 atom stereocenters. The van der Waals surface area contributed by atoms with Gasteiger partial charge in [0.05, 0.1) is 33.2 Å². The van der Waals surface area contributed by atoms with E-state index in [2.05, 4.69) is 31.2 Å². The molecule has 0 aliphatic rings. The highest BCUT2D eigenvalue weighted by Crippen LogP contribution is 2.40. The molecule has 8 rings (SSSR count). The molecule has 8 aromatic rings. The van der Waals surface area contributed by atoms with E-state index in [-0.39, 0.29) is 0 Å². The Morgan fingerprint density at radius 2 is 1.02 bits per heavy atom. The smallest absolute Gasteiger partial charge is 0.214 e. The number of ether oxygens (including phenoxy) is 1. The van der Waals surface area contributed by atoms with Crippen LogP contribution in [0.5, 0.6) is 11.5 Å². The number of rotatable bonds is 4. The van der Waals surface area contributed by atoms with Gasteiger partial charge in [0.25, 0.3) is 0 Å². The van der Waals surface area contributed by atoms with E-state index in [1.54, 1.807) is 12.4 Å². The molecule has 0 saturated carbocycles. The summed E-state index contributed by atoms with van der Waals surface area (Å²) >= 11 is 0. The van der Waals surface area contributed by atoms with Gasteiger partial charge in [0, 0.05) is 72.6 Å². The largest absolute Gasteiger partial charge is 0.454 e. The van der Waals surface area contributed by atoms with Gasteiger partial charge in [0.1, 0.15) is 23.6 Å². The van der Waals surface area contributed by atoms with E-state index >= 15 is 0 Å². The maximum Gasteiger partial charge on any atom is 0.214 e. The van der Waals surface area contributed by atoms with Gasteiger partial charge in [-0.05, 0) is 24.3 Å². The maximum atomic E-state index is 10.2. The topological polar surface area (TPSA) is 102 Å². The van der Waals surface area contributed by atoms with Crippen LogP contribution in [0.25, 0.3) is 55.5 Å². The fraction of sp³-hybridized carbons (Fsp3) is 0.0588. The first-order chi connectivity index (χ1) is 21.1. The van der Waals surface area contributed by atoms with Crippen molar-refractivity contribution in [3.05, 3.63) is 109 Å². The molecule has 0 unspecified atom stereocenters. The molecular formula is C34H22N8O. The quantitative estimate of drug-likeness (QED) is 0.234. The first-order valence-electron chi connectivity index (χ1n) is 13.6. The molecule has 0 aliphatic carbocycles. The Morgan fingerprint density at radius 3 is 1.42 bits per heavy atom. The van der Waals surface area contributed by atoms with Crippen LogP contribution in [0.2, 0.25) is 0 Å². The van der Waals surface area contributed by atoms with Gasteiger partial charge in [-0.25, -0.2) is 9.97 Å². The van der Waals surface area contributed by atoms with Crippen molar-refractivity contribution in [3.8, 4) is 35.5 Å². The van der Waals surface area contributed by atoms with Crippen LogP contribution in [0.3, 0.4) is 0 Å². The van der Waals surface area contributed by atoms with Crippen LogP contribution in [0.1, 0.15) is 11.1 Å². The summed E-state index contributed by atoms with van der Waals surface area (Å²) < 4.78 is 14.5. The summed E-state index contributed by atoms with van der Waals surface area (Å²) in [6.45, 7) is 0. The normalized spacial score (nSPS) is 11.4. The zero-order chi connectivity index (χ0) is 29.2. The van der Waals surface area contributed by atoms with E-state index in [4.69, 9.17) is 4.74 Å².